The Hall–Kier alpha value is -0.690. The number of hydrogen-bond donors (Lipinski definition) is 5. The van der Waals surface area contributed by atoms with Gasteiger partial charge in [0, 0.05) is 25.0 Å². The van der Waals surface area contributed by atoms with Crippen LogP contribution in [-0.4, -0.2) is 41.5 Å². The third-order valence-corrected chi connectivity index (χ3v) is 2.05. The molecule has 0 aromatic carbocycles. The van der Waals surface area contributed by atoms with E-state index in [1.54, 1.807) is 5.48 Å². The number of aliphatic hydroxyl groups excluding tert-OH is 1. The monoisotopic (exact) mass is 205 g/mol. The molecule has 6 nitrogen and oxygen atoms in total. The lowest BCUT2D eigenvalue weighted by Crippen LogP contribution is -2.44. The Labute approximate surface area is 83.4 Å². The standard InChI is InChI=1S/C8H19N3O3/c1-6(10-4-5-12)7(9)2-3-8(13)11-14/h6-7,10,12,14H,2-5,9H2,1H3,(H,11,13). The van der Waals surface area contributed by atoms with Gasteiger partial charge in [-0.1, -0.05) is 0 Å². The molecule has 0 saturated carbocycles. The summed E-state index contributed by atoms with van der Waals surface area (Å²) in [6, 6.07) is -0.132. The van der Waals surface area contributed by atoms with Crippen LogP contribution in [0.15, 0.2) is 0 Å². The van der Waals surface area contributed by atoms with Crippen LogP contribution in [0.2, 0.25) is 0 Å². The fourth-order valence-corrected chi connectivity index (χ4v) is 1.05. The minimum atomic E-state index is -0.435. The maximum atomic E-state index is 10.7. The summed E-state index contributed by atoms with van der Waals surface area (Å²) in [5.74, 6) is -0.435. The molecule has 0 heterocycles. The van der Waals surface area contributed by atoms with Crippen molar-refractivity contribution in [3.05, 3.63) is 0 Å². The second kappa shape index (κ2) is 7.69. The molecule has 0 radical (unpaired) electrons. The summed E-state index contributed by atoms with van der Waals surface area (Å²) in [5.41, 5.74) is 7.30. The molecule has 84 valence electrons. The molecule has 6 heteroatoms. The minimum Gasteiger partial charge on any atom is -0.395 e. The Bertz CT molecular complexity index is 166. The third kappa shape index (κ3) is 5.87. The first-order chi connectivity index (χ1) is 6.61. The van der Waals surface area contributed by atoms with Crippen molar-refractivity contribution in [2.75, 3.05) is 13.2 Å². The van der Waals surface area contributed by atoms with Gasteiger partial charge in [0.1, 0.15) is 0 Å². The van der Waals surface area contributed by atoms with Gasteiger partial charge in [0.25, 0.3) is 0 Å². The zero-order valence-electron chi connectivity index (χ0n) is 8.36. The number of aliphatic hydroxyl groups is 1. The highest BCUT2D eigenvalue weighted by Crippen LogP contribution is 1.99. The molecule has 0 saturated heterocycles. The van der Waals surface area contributed by atoms with Gasteiger partial charge in [-0.15, -0.1) is 0 Å². The highest BCUT2D eigenvalue weighted by molar-refractivity contribution is 5.74. The predicted molar refractivity (Wildman–Crippen MR) is 51.7 cm³/mol. The van der Waals surface area contributed by atoms with E-state index in [2.05, 4.69) is 5.32 Å². The average Bonchev–Trinajstić information content (AvgIpc) is 2.21. The van der Waals surface area contributed by atoms with E-state index in [-0.39, 0.29) is 25.1 Å². The van der Waals surface area contributed by atoms with Crippen molar-refractivity contribution < 1.29 is 15.1 Å². The van der Waals surface area contributed by atoms with Crippen LogP contribution in [0, 0.1) is 0 Å². The number of nitrogens with one attached hydrogen (secondary N) is 2. The highest BCUT2D eigenvalue weighted by Gasteiger charge is 2.13. The molecule has 0 spiro atoms. The van der Waals surface area contributed by atoms with Gasteiger partial charge in [0.15, 0.2) is 0 Å². The Morgan fingerprint density at radius 3 is 2.71 bits per heavy atom. The first-order valence-electron chi connectivity index (χ1n) is 4.64. The summed E-state index contributed by atoms with van der Waals surface area (Å²) in [5, 5.41) is 19.8. The van der Waals surface area contributed by atoms with Crippen LogP contribution in [0.4, 0.5) is 0 Å². The first kappa shape index (κ1) is 13.3. The van der Waals surface area contributed by atoms with Crippen LogP contribution in [0.3, 0.4) is 0 Å². The molecule has 1 amide bonds. The lowest BCUT2D eigenvalue weighted by Gasteiger charge is -2.20. The van der Waals surface area contributed by atoms with E-state index in [4.69, 9.17) is 16.0 Å². The van der Waals surface area contributed by atoms with Gasteiger partial charge in [-0.25, -0.2) is 5.48 Å². The Balaban J connectivity index is 3.60. The van der Waals surface area contributed by atoms with Crippen LogP contribution in [0.25, 0.3) is 0 Å². The maximum Gasteiger partial charge on any atom is 0.243 e. The normalized spacial score (nSPS) is 14.9. The molecule has 0 rings (SSSR count). The van der Waals surface area contributed by atoms with Crippen LogP contribution in [0.1, 0.15) is 19.8 Å². The Morgan fingerprint density at radius 1 is 1.57 bits per heavy atom. The third-order valence-electron chi connectivity index (χ3n) is 2.05. The molecule has 0 aromatic rings. The predicted octanol–water partition coefficient (Wildman–Crippen LogP) is -1.43. The molecule has 14 heavy (non-hydrogen) atoms. The molecule has 2 unspecified atom stereocenters. The minimum absolute atomic E-state index is 0.0358. The van der Waals surface area contributed by atoms with E-state index in [1.807, 2.05) is 6.92 Å². The smallest absolute Gasteiger partial charge is 0.243 e. The fraction of sp³-hybridized carbons (Fsp3) is 0.875. The van der Waals surface area contributed by atoms with E-state index in [1.165, 1.54) is 0 Å². The van der Waals surface area contributed by atoms with Gasteiger partial charge < -0.3 is 16.2 Å². The van der Waals surface area contributed by atoms with Gasteiger partial charge in [-0.05, 0) is 13.3 Å². The van der Waals surface area contributed by atoms with Gasteiger partial charge >= 0.3 is 0 Å². The van der Waals surface area contributed by atoms with E-state index in [0.29, 0.717) is 13.0 Å². The van der Waals surface area contributed by atoms with Gasteiger partial charge in [-0.3, -0.25) is 10.0 Å². The second-order valence-electron chi connectivity index (χ2n) is 3.20. The van der Waals surface area contributed by atoms with Crippen molar-refractivity contribution in [1.82, 2.24) is 10.8 Å². The number of carbonyl (C=O) groups is 1. The van der Waals surface area contributed by atoms with Gasteiger partial charge in [-0.2, -0.15) is 0 Å². The highest BCUT2D eigenvalue weighted by atomic mass is 16.5. The summed E-state index contributed by atoms with van der Waals surface area (Å²) in [7, 11) is 0. The van der Waals surface area contributed by atoms with E-state index < -0.39 is 5.91 Å². The Kier molecular flexibility index (Phi) is 7.31. The van der Waals surface area contributed by atoms with Crippen molar-refractivity contribution in [2.24, 2.45) is 5.73 Å². The maximum absolute atomic E-state index is 10.7. The van der Waals surface area contributed by atoms with Crippen LogP contribution in [0.5, 0.6) is 0 Å². The molecule has 0 aliphatic carbocycles. The van der Waals surface area contributed by atoms with Crippen molar-refractivity contribution in [1.29, 1.82) is 0 Å². The van der Waals surface area contributed by atoms with Crippen LogP contribution >= 0.6 is 0 Å². The second-order valence-corrected chi connectivity index (χ2v) is 3.20. The summed E-state index contributed by atoms with van der Waals surface area (Å²) < 4.78 is 0. The lowest BCUT2D eigenvalue weighted by molar-refractivity contribution is -0.129. The van der Waals surface area contributed by atoms with Gasteiger partial charge in [0.05, 0.1) is 6.61 Å². The van der Waals surface area contributed by atoms with Crippen molar-refractivity contribution in [2.45, 2.75) is 31.8 Å². The van der Waals surface area contributed by atoms with Crippen LogP contribution < -0.4 is 16.5 Å². The summed E-state index contributed by atoms with van der Waals surface area (Å²) in [4.78, 5) is 10.7. The summed E-state index contributed by atoms with van der Waals surface area (Å²) in [6.07, 6.45) is 0.689. The number of carbonyl (C=O) groups excluding carboxylic acids is 1. The molecule has 0 aromatic heterocycles. The number of rotatable bonds is 7. The SMILES string of the molecule is CC(NCCO)C(N)CCC(=O)NO. The van der Waals surface area contributed by atoms with Gasteiger partial charge in [0.2, 0.25) is 5.91 Å². The number of amides is 1. The largest absolute Gasteiger partial charge is 0.395 e. The zero-order valence-corrected chi connectivity index (χ0v) is 8.36. The molecular formula is C8H19N3O3. The average molecular weight is 205 g/mol. The molecule has 0 aliphatic heterocycles. The quantitative estimate of drug-likeness (QED) is 0.259. The van der Waals surface area contributed by atoms with Crippen molar-refractivity contribution in [3.63, 3.8) is 0 Å². The molecular weight excluding hydrogens is 186 g/mol. The van der Waals surface area contributed by atoms with E-state index in [0.717, 1.165) is 0 Å². The number of hydroxylamine groups is 1. The summed E-state index contributed by atoms with van der Waals surface area (Å²) >= 11 is 0. The van der Waals surface area contributed by atoms with E-state index in [9.17, 15) is 4.79 Å². The molecule has 2 atom stereocenters. The molecule has 6 N–H and O–H groups in total. The Morgan fingerprint density at radius 2 is 2.21 bits per heavy atom. The summed E-state index contributed by atoms with van der Waals surface area (Å²) in [6.45, 7) is 2.44. The molecule has 0 aliphatic rings. The molecule has 0 bridgehead atoms. The van der Waals surface area contributed by atoms with Crippen LogP contribution in [-0.2, 0) is 4.79 Å². The van der Waals surface area contributed by atoms with E-state index >= 15 is 0 Å². The van der Waals surface area contributed by atoms with Crippen molar-refractivity contribution >= 4 is 5.91 Å². The number of hydrogen-bond acceptors (Lipinski definition) is 5. The topological polar surface area (TPSA) is 108 Å². The zero-order chi connectivity index (χ0) is 11.0. The fourth-order valence-electron chi connectivity index (χ4n) is 1.05. The van der Waals surface area contributed by atoms with Crippen molar-refractivity contribution in [3.8, 4) is 0 Å². The lowest BCUT2D eigenvalue weighted by atomic mass is 10.1. The first-order valence-corrected chi connectivity index (χ1v) is 4.64. The number of nitrogens with two attached hydrogens (primary N) is 1. The molecule has 0 fully saturated rings.